The van der Waals surface area contributed by atoms with Gasteiger partial charge in [0.1, 0.15) is 0 Å². The van der Waals surface area contributed by atoms with Crippen molar-refractivity contribution in [3.8, 4) is 0 Å². The molecule has 1 amide bonds. The third-order valence-corrected chi connectivity index (χ3v) is 7.96. The molecule has 0 atom stereocenters. The van der Waals surface area contributed by atoms with Gasteiger partial charge in [0.05, 0.1) is 10.8 Å². The Morgan fingerprint density at radius 3 is 1.78 bits per heavy atom. The first-order valence-corrected chi connectivity index (χ1v) is 12.4. The molecule has 1 aliphatic rings. The number of hydrogen-bond acceptors (Lipinski definition) is 3. The summed E-state index contributed by atoms with van der Waals surface area (Å²) in [4.78, 5) is 13.5. The van der Waals surface area contributed by atoms with Crippen molar-refractivity contribution in [3.05, 3.63) is 102 Å². The highest BCUT2D eigenvalue weighted by Gasteiger charge is 2.30. The van der Waals surface area contributed by atoms with Gasteiger partial charge in [0, 0.05) is 19.6 Å². The molecule has 3 aromatic carbocycles. The molecule has 0 aromatic heterocycles. The van der Waals surface area contributed by atoms with Crippen LogP contribution in [0.1, 0.15) is 29.9 Å². The van der Waals surface area contributed by atoms with Gasteiger partial charge in [0.25, 0.3) is 0 Å². The van der Waals surface area contributed by atoms with Crippen LogP contribution in [0.5, 0.6) is 0 Å². The Bertz CT molecular complexity index is 1070. The Balaban J connectivity index is 1.37. The number of carbonyl (C=O) groups is 1. The maximum absolute atomic E-state index is 13.2. The van der Waals surface area contributed by atoms with Crippen molar-refractivity contribution < 1.29 is 13.2 Å². The van der Waals surface area contributed by atoms with Crippen molar-refractivity contribution in [1.82, 2.24) is 9.62 Å². The fourth-order valence-corrected chi connectivity index (χ4v) is 5.72. The molecular formula is C26H28N2O3S. The predicted octanol–water partition coefficient (Wildman–Crippen LogP) is 4.04. The van der Waals surface area contributed by atoms with E-state index in [9.17, 15) is 13.2 Å². The molecule has 4 rings (SSSR count). The van der Waals surface area contributed by atoms with Gasteiger partial charge in [-0.25, -0.2) is 8.42 Å². The largest absolute Gasteiger partial charge is 0.355 e. The number of nitrogens with one attached hydrogen (secondary N) is 1. The molecule has 6 heteroatoms. The second kappa shape index (κ2) is 10.1. The predicted molar refractivity (Wildman–Crippen MR) is 126 cm³/mol. The number of sulfonamides is 1. The molecule has 3 aromatic rings. The third kappa shape index (κ3) is 5.09. The van der Waals surface area contributed by atoms with Crippen LogP contribution in [0.25, 0.3) is 0 Å². The van der Waals surface area contributed by atoms with E-state index >= 15 is 0 Å². The molecule has 0 aliphatic carbocycles. The maximum atomic E-state index is 13.2. The van der Waals surface area contributed by atoms with Crippen LogP contribution < -0.4 is 5.32 Å². The van der Waals surface area contributed by atoms with Crippen molar-refractivity contribution in [2.75, 3.05) is 19.6 Å². The summed E-state index contributed by atoms with van der Waals surface area (Å²) in [6.07, 6.45) is 1.46. The summed E-state index contributed by atoms with van der Waals surface area (Å²) in [5, 5.41) is 3.13. The Morgan fingerprint density at radius 2 is 1.28 bits per heavy atom. The molecule has 1 aliphatic heterocycles. The van der Waals surface area contributed by atoms with Crippen LogP contribution >= 0.6 is 0 Å². The summed E-state index contributed by atoms with van der Waals surface area (Å²) < 4.78 is 27.2. The van der Waals surface area contributed by atoms with Crippen LogP contribution in [0.2, 0.25) is 0 Å². The molecular weight excluding hydrogens is 420 g/mol. The summed E-state index contributed by atoms with van der Waals surface area (Å²) in [5.41, 5.74) is 1.92. The van der Waals surface area contributed by atoms with Crippen LogP contribution in [0.4, 0.5) is 0 Å². The Labute approximate surface area is 190 Å². The van der Waals surface area contributed by atoms with Crippen LogP contribution in [0.3, 0.4) is 0 Å². The lowest BCUT2D eigenvalue weighted by atomic mass is 9.90. The van der Waals surface area contributed by atoms with Gasteiger partial charge < -0.3 is 5.32 Å². The van der Waals surface area contributed by atoms with Gasteiger partial charge in [-0.05, 0) is 42.0 Å². The fourth-order valence-electron chi connectivity index (χ4n) is 4.23. The summed E-state index contributed by atoms with van der Waals surface area (Å²) in [7, 11) is -3.46. The number of amides is 1. The first-order chi connectivity index (χ1) is 15.6. The van der Waals surface area contributed by atoms with Crippen LogP contribution in [0.15, 0.2) is 95.9 Å². The van der Waals surface area contributed by atoms with Crippen LogP contribution in [0, 0.1) is 5.92 Å². The smallest absolute Gasteiger partial charge is 0.243 e. The van der Waals surface area contributed by atoms with Crippen molar-refractivity contribution in [2.24, 2.45) is 5.92 Å². The average molecular weight is 449 g/mol. The lowest BCUT2D eigenvalue weighted by Gasteiger charge is -2.31. The monoisotopic (exact) mass is 448 g/mol. The maximum Gasteiger partial charge on any atom is 0.243 e. The number of carbonyl (C=O) groups excluding carboxylic acids is 1. The van der Waals surface area contributed by atoms with E-state index in [1.807, 2.05) is 66.7 Å². The van der Waals surface area contributed by atoms with E-state index in [0.717, 1.165) is 24.0 Å². The molecule has 5 nitrogen and oxygen atoms in total. The minimum Gasteiger partial charge on any atom is -0.355 e. The number of piperidine rings is 1. The lowest BCUT2D eigenvalue weighted by Crippen LogP contribution is -2.42. The number of hydrogen-bond donors (Lipinski definition) is 1. The first kappa shape index (κ1) is 22.2. The van der Waals surface area contributed by atoms with Crippen molar-refractivity contribution >= 4 is 15.9 Å². The molecule has 1 saturated heterocycles. The van der Waals surface area contributed by atoms with Crippen LogP contribution in [-0.2, 0) is 14.8 Å². The van der Waals surface area contributed by atoms with Crippen molar-refractivity contribution in [1.29, 1.82) is 0 Å². The molecule has 166 valence electrons. The molecule has 1 heterocycles. The fraction of sp³-hybridized carbons (Fsp3) is 0.269. The quantitative estimate of drug-likeness (QED) is 0.593. The van der Waals surface area contributed by atoms with E-state index in [1.54, 1.807) is 28.6 Å². The van der Waals surface area contributed by atoms with E-state index in [-0.39, 0.29) is 17.7 Å². The van der Waals surface area contributed by atoms with Crippen molar-refractivity contribution in [3.63, 3.8) is 0 Å². The lowest BCUT2D eigenvalue weighted by molar-refractivity contribution is -0.121. The number of benzene rings is 3. The minimum atomic E-state index is -3.46. The van der Waals surface area contributed by atoms with E-state index in [0.29, 0.717) is 24.5 Å². The van der Waals surface area contributed by atoms with Gasteiger partial charge in [-0.1, -0.05) is 78.9 Å². The third-order valence-electron chi connectivity index (χ3n) is 6.05. The summed E-state index contributed by atoms with van der Waals surface area (Å²) in [6.45, 7) is 1.49. The van der Waals surface area contributed by atoms with Gasteiger partial charge in [-0.3, -0.25) is 4.79 Å². The Hall–Kier alpha value is -2.96. The molecule has 1 fully saturated rings. The molecule has 0 unspecified atom stereocenters. The topological polar surface area (TPSA) is 66.5 Å². The van der Waals surface area contributed by atoms with E-state index in [4.69, 9.17) is 0 Å². The molecule has 0 saturated carbocycles. The molecule has 0 spiro atoms. The Morgan fingerprint density at radius 1 is 0.812 bits per heavy atom. The highest BCUT2D eigenvalue weighted by molar-refractivity contribution is 7.89. The van der Waals surface area contributed by atoms with Gasteiger partial charge in [0.2, 0.25) is 15.9 Å². The average Bonchev–Trinajstić information content (AvgIpc) is 2.85. The van der Waals surface area contributed by atoms with Gasteiger partial charge in [-0.15, -0.1) is 0 Å². The Kier molecular flexibility index (Phi) is 7.02. The first-order valence-electron chi connectivity index (χ1n) is 11.0. The molecule has 32 heavy (non-hydrogen) atoms. The minimum absolute atomic E-state index is 0.0262. The molecule has 0 radical (unpaired) electrons. The van der Waals surface area contributed by atoms with Crippen LogP contribution in [-0.4, -0.2) is 38.3 Å². The second-order valence-electron chi connectivity index (χ2n) is 8.16. The molecule has 0 bridgehead atoms. The van der Waals surface area contributed by atoms with Gasteiger partial charge >= 0.3 is 0 Å². The highest BCUT2D eigenvalue weighted by Crippen LogP contribution is 2.26. The highest BCUT2D eigenvalue weighted by atomic mass is 32.2. The van der Waals surface area contributed by atoms with E-state index in [1.165, 1.54) is 0 Å². The van der Waals surface area contributed by atoms with E-state index in [2.05, 4.69) is 5.32 Å². The normalized spacial score (nSPS) is 15.5. The number of nitrogens with zero attached hydrogens (tertiary/aromatic N) is 1. The second-order valence-corrected chi connectivity index (χ2v) is 10.1. The van der Waals surface area contributed by atoms with Gasteiger partial charge in [0.15, 0.2) is 0 Å². The summed E-state index contributed by atoms with van der Waals surface area (Å²) in [5.74, 6) is -0.133. The SMILES string of the molecule is O=C(NCC1CCN(S(=O)(=O)c2ccccc2)CC1)C(c1ccccc1)c1ccccc1. The van der Waals surface area contributed by atoms with Crippen molar-refractivity contribution in [2.45, 2.75) is 23.7 Å². The summed E-state index contributed by atoms with van der Waals surface area (Å²) in [6, 6.07) is 28.1. The van der Waals surface area contributed by atoms with Gasteiger partial charge in [-0.2, -0.15) is 4.31 Å². The van der Waals surface area contributed by atoms with E-state index < -0.39 is 10.0 Å². The standard InChI is InChI=1S/C26H28N2O3S/c29-26(25(22-10-4-1-5-11-22)23-12-6-2-7-13-23)27-20-21-16-18-28(19-17-21)32(30,31)24-14-8-3-9-15-24/h1-15,21,25H,16-20H2,(H,27,29). The zero-order valence-corrected chi connectivity index (χ0v) is 18.7. The number of rotatable bonds is 7. The zero-order valence-electron chi connectivity index (χ0n) is 17.9. The summed E-state index contributed by atoms with van der Waals surface area (Å²) >= 11 is 0. The molecule has 1 N–H and O–H groups in total. The zero-order chi connectivity index (χ0) is 22.4.